The summed E-state index contributed by atoms with van der Waals surface area (Å²) >= 11 is 0. The maximum atomic E-state index is 13.6. The minimum Gasteiger partial charge on any atom is -0.363 e. The second kappa shape index (κ2) is 9.85. The number of carbonyl (C=O) groups is 4. The number of piperidine rings is 1. The zero-order valence-electron chi connectivity index (χ0n) is 20.9. The summed E-state index contributed by atoms with van der Waals surface area (Å²) in [5.41, 5.74) is 11.4. The number of hydrogen-bond acceptors (Lipinski definition) is 5. The Morgan fingerprint density at radius 3 is 2.12 bits per heavy atom. The highest BCUT2D eigenvalue weighted by atomic mass is 16.2. The maximum Gasteiger partial charge on any atom is 0.285 e. The molecule has 0 aromatic heterocycles. The number of nitrogens with two attached hydrogens (primary N) is 2. The molecule has 7 nitrogen and oxygen atoms in total. The molecule has 0 radical (unpaired) electrons. The van der Waals surface area contributed by atoms with Gasteiger partial charge in [0.25, 0.3) is 5.91 Å². The van der Waals surface area contributed by atoms with Gasteiger partial charge in [-0.1, -0.05) is 72.6 Å². The summed E-state index contributed by atoms with van der Waals surface area (Å²) in [5, 5.41) is 0. The van der Waals surface area contributed by atoms with Crippen LogP contribution in [0.1, 0.15) is 91.9 Å². The van der Waals surface area contributed by atoms with Crippen LogP contribution in [-0.4, -0.2) is 46.9 Å². The van der Waals surface area contributed by atoms with Crippen molar-refractivity contribution in [1.29, 1.82) is 0 Å². The Morgan fingerprint density at radius 1 is 0.939 bits per heavy atom. The molecule has 0 aromatic carbocycles. The van der Waals surface area contributed by atoms with E-state index < -0.39 is 29.7 Å². The van der Waals surface area contributed by atoms with Gasteiger partial charge >= 0.3 is 0 Å². The molecule has 1 saturated carbocycles. The quantitative estimate of drug-likeness (QED) is 0.612. The Labute approximate surface area is 198 Å². The third kappa shape index (κ3) is 5.33. The van der Waals surface area contributed by atoms with Crippen LogP contribution in [0.25, 0.3) is 0 Å². The Kier molecular flexibility index (Phi) is 7.72. The number of carbonyl (C=O) groups excluding carboxylic acids is 4. The minimum atomic E-state index is -0.980. The first-order chi connectivity index (χ1) is 15.4. The lowest BCUT2D eigenvalue weighted by Gasteiger charge is -2.37. The molecule has 3 rings (SSSR count). The van der Waals surface area contributed by atoms with Crippen molar-refractivity contribution in [2.75, 3.05) is 6.54 Å². The molecule has 0 bridgehead atoms. The molecule has 2 amide bonds. The van der Waals surface area contributed by atoms with Crippen molar-refractivity contribution in [2.45, 2.75) is 104 Å². The molecule has 2 aliphatic heterocycles. The van der Waals surface area contributed by atoms with Gasteiger partial charge in [0.1, 0.15) is 0 Å². The number of rotatable bonds is 2. The van der Waals surface area contributed by atoms with E-state index in [0.29, 0.717) is 13.0 Å². The van der Waals surface area contributed by atoms with Crippen LogP contribution in [0.3, 0.4) is 0 Å². The molecular formula is C26H43N3O4. The molecule has 33 heavy (non-hydrogen) atoms. The van der Waals surface area contributed by atoms with Crippen molar-refractivity contribution in [3.8, 4) is 0 Å². The van der Waals surface area contributed by atoms with Gasteiger partial charge in [-0.3, -0.25) is 19.2 Å². The van der Waals surface area contributed by atoms with Crippen LogP contribution in [0, 0.1) is 28.6 Å². The fraction of sp³-hybridized carbons (Fsp3) is 0.846. The van der Waals surface area contributed by atoms with Gasteiger partial charge in [0.05, 0.1) is 12.1 Å². The lowest BCUT2D eigenvalue weighted by molar-refractivity contribution is -0.144. The van der Waals surface area contributed by atoms with Crippen LogP contribution < -0.4 is 11.5 Å². The first-order valence-corrected chi connectivity index (χ1v) is 12.8. The summed E-state index contributed by atoms with van der Waals surface area (Å²) in [4.78, 5) is 53.0. The molecule has 5 atom stereocenters. The van der Waals surface area contributed by atoms with Crippen LogP contribution in [0.4, 0.5) is 0 Å². The van der Waals surface area contributed by atoms with Crippen molar-refractivity contribution < 1.29 is 19.2 Å². The summed E-state index contributed by atoms with van der Waals surface area (Å²) in [5.74, 6) is -2.29. The van der Waals surface area contributed by atoms with Gasteiger partial charge in [-0.05, 0) is 35.5 Å². The first-order valence-electron chi connectivity index (χ1n) is 12.8. The lowest BCUT2D eigenvalue weighted by Crippen LogP contribution is -2.56. The largest absolute Gasteiger partial charge is 0.363 e. The molecule has 1 unspecified atom stereocenters. The molecular weight excluding hydrogens is 418 g/mol. The van der Waals surface area contributed by atoms with E-state index in [-0.39, 0.29) is 40.8 Å². The number of primary amides is 1. The highest BCUT2D eigenvalue weighted by Crippen LogP contribution is 2.65. The summed E-state index contributed by atoms with van der Waals surface area (Å²) in [6, 6.07) is -1.25. The number of ketones is 2. The smallest absolute Gasteiger partial charge is 0.285 e. The Morgan fingerprint density at radius 2 is 1.52 bits per heavy atom. The average molecular weight is 462 g/mol. The van der Waals surface area contributed by atoms with Crippen molar-refractivity contribution in [2.24, 2.45) is 40.1 Å². The molecule has 4 N–H and O–H groups in total. The van der Waals surface area contributed by atoms with Crippen molar-refractivity contribution in [3.63, 3.8) is 0 Å². The van der Waals surface area contributed by atoms with E-state index in [1.165, 1.54) is 0 Å². The standard InChI is InChI=1S/C26H43N3O4/c1-25(2)13-11-9-7-5-6-8-10-12-16(21(31)23(28)32)14-18(30)20-19-17(26(19,3)4)15-29(20)24(33)22(25)27/h16-17,19-20,22H,5-15,27H2,1-4H3,(H2,28,32)/t16-,17?,19+,20-,22-/m1/s1. The molecule has 3 aliphatic rings. The van der Waals surface area contributed by atoms with E-state index in [0.717, 1.165) is 51.4 Å². The van der Waals surface area contributed by atoms with Gasteiger partial charge in [-0.2, -0.15) is 0 Å². The molecule has 2 saturated heterocycles. The van der Waals surface area contributed by atoms with Gasteiger partial charge in [0.15, 0.2) is 5.78 Å². The SMILES string of the molecule is CC1(C)CCCCCCCCC[C@@H](C(=O)C(N)=O)CC(=O)[C@@H]2[C@@H]3C(CN2C(=O)[C@H]1N)C3(C)C. The summed E-state index contributed by atoms with van der Waals surface area (Å²) in [6.45, 7) is 8.89. The van der Waals surface area contributed by atoms with Crippen LogP contribution in [0.15, 0.2) is 0 Å². The van der Waals surface area contributed by atoms with Crippen molar-refractivity contribution in [3.05, 3.63) is 0 Å². The van der Waals surface area contributed by atoms with Crippen LogP contribution >= 0.6 is 0 Å². The van der Waals surface area contributed by atoms with Crippen LogP contribution in [-0.2, 0) is 19.2 Å². The Bertz CT molecular complexity index is 790. The number of fused-ring (bicyclic) bond motifs is 3. The highest BCUT2D eigenvalue weighted by molar-refractivity contribution is 6.36. The van der Waals surface area contributed by atoms with Gasteiger partial charge in [0, 0.05) is 18.9 Å². The molecule has 186 valence electrons. The molecule has 3 fully saturated rings. The van der Waals surface area contributed by atoms with E-state index in [1.54, 1.807) is 4.90 Å². The third-order valence-electron chi connectivity index (χ3n) is 8.86. The van der Waals surface area contributed by atoms with E-state index in [2.05, 4.69) is 13.8 Å². The highest BCUT2D eigenvalue weighted by Gasteiger charge is 2.69. The fourth-order valence-corrected chi connectivity index (χ4v) is 6.30. The van der Waals surface area contributed by atoms with Crippen LogP contribution in [0.5, 0.6) is 0 Å². The molecule has 0 aromatic rings. The Hall–Kier alpha value is -1.76. The minimum absolute atomic E-state index is 0.0152. The van der Waals surface area contributed by atoms with E-state index in [9.17, 15) is 19.2 Å². The first kappa shape index (κ1) is 25.9. The van der Waals surface area contributed by atoms with Gasteiger partial charge in [0.2, 0.25) is 11.7 Å². The molecule has 7 heteroatoms. The van der Waals surface area contributed by atoms with E-state index >= 15 is 0 Å². The molecule has 2 heterocycles. The van der Waals surface area contributed by atoms with Crippen LogP contribution in [0.2, 0.25) is 0 Å². The topological polar surface area (TPSA) is 124 Å². The van der Waals surface area contributed by atoms with E-state index in [1.807, 2.05) is 13.8 Å². The monoisotopic (exact) mass is 461 g/mol. The number of hydrogen-bond donors (Lipinski definition) is 2. The molecule has 0 spiro atoms. The Balaban J connectivity index is 1.87. The van der Waals surface area contributed by atoms with Gasteiger partial charge in [-0.25, -0.2) is 0 Å². The summed E-state index contributed by atoms with van der Waals surface area (Å²) in [7, 11) is 0. The van der Waals surface area contributed by atoms with Crippen molar-refractivity contribution in [1.82, 2.24) is 4.90 Å². The number of amides is 2. The number of nitrogens with zero attached hydrogens (tertiary/aromatic N) is 1. The van der Waals surface area contributed by atoms with Gasteiger partial charge < -0.3 is 16.4 Å². The second-order valence-electron chi connectivity index (χ2n) is 12.0. The third-order valence-corrected chi connectivity index (χ3v) is 8.86. The molecule has 1 aliphatic carbocycles. The predicted molar refractivity (Wildman–Crippen MR) is 127 cm³/mol. The zero-order chi connectivity index (χ0) is 24.6. The maximum absolute atomic E-state index is 13.6. The average Bonchev–Trinajstić information content (AvgIpc) is 3.09. The summed E-state index contributed by atoms with van der Waals surface area (Å²) in [6.07, 6.45) is 8.55. The normalized spacial score (nSPS) is 35.3. The predicted octanol–water partition coefficient (Wildman–Crippen LogP) is 2.98. The van der Waals surface area contributed by atoms with Crippen molar-refractivity contribution >= 4 is 23.4 Å². The fourth-order valence-electron chi connectivity index (χ4n) is 6.30. The zero-order valence-corrected chi connectivity index (χ0v) is 20.9. The number of Topliss-reactive ketones (excluding diaryl/α,β-unsaturated/α-hetero) is 2. The summed E-state index contributed by atoms with van der Waals surface area (Å²) < 4.78 is 0. The van der Waals surface area contributed by atoms with Gasteiger partial charge in [-0.15, -0.1) is 0 Å². The lowest BCUT2D eigenvalue weighted by atomic mass is 9.79. The second-order valence-corrected chi connectivity index (χ2v) is 12.0. The van der Waals surface area contributed by atoms with E-state index in [4.69, 9.17) is 11.5 Å².